The first-order chi connectivity index (χ1) is 11.6. The summed E-state index contributed by atoms with van der Waals surface area (Å²) in [6.07, 6.45) is 1.69. The summed E-state index contributed by atoms with van der Waals surface area (Å²) < 4.78 is 5.33. The third-order valence-electron chi connectivity index (χ3n) is 4.40. The Bertz CT molecular complexity index is 674. The molecule has 2 aromatic rings. The lowest BCUT2D eigenvalue weighted by Gasteiger charge is -2.27. The molecule has 1 aliphatic rings. The molecule has 1 amide bonds. The van der Waals surface area contributed by atoms with Gasteiger partial charge in [0.05, 0.1) is 17.8 Å². The molecular weight excluding hydrogens is 358 g/mol. The smallest absolute Gasteiger partial charge is 0.237 e. The van der Waals surface area contributed by atoms with Crippen molar-refractivity contribution in [3.63, 3.8) is 0 Å². The van der Waals surface area contributed by atoms with Crippen molar-refractivity contribution in [2.45, 2.75) is 31.8 Å². The molecule has 1 fully saturated rings. The molecular formula is C18H24ClN3O2S. The predicted molar refractivity (Wildman–Crippen MR) is 103 cm³/mol. The van der Waals surface area contributed by atoms with Crippen LogP contribution in [0.2, 0.25) is 0 Å². The van der Waals surface area contributed by atoms with Gasteiger partial charge in [0.15, 0.2) is 0 Å². The van der Waals surface area contributed by atoms with Crippen LogP contribution in [0.1, 0.15) is 30.8 Å². The van der Waals surface area contributed by atoms with Crippen molar-refractivity contribution in [2.24, 2.45) is 11.7 Å². The summed E-state index contributed by atoms with van der Waals surface area (Å²) in [4.78, 5) is 17.1. The number of nitrogens with one attached hydrogen (secondary N) is 1. The molecule has 7 heteroatoms. The molecule has 0 aliphatic carbocycles. The van der Waals surface area contributed by atoms with Gasteiger partial charge in [0.25, 0.3) is 0 Å². The van der Waals surface area contributed by atoms with Crippen LogP contribution in [0.25, 0.3) is 11.3 Å². The second kappa shape index (κ2) is 9.29. The van der Waals surface area contributed by atoms with Gasteiger partial charge >= 0.3 is 0 Å². The average molecular weight is 382 g/mol. The van der Waals surface area contributed by atoms with Crippen LogP contribution < -0.4 is 11.1 Å². The van der Waals surface area contributed by atoms with Gasteiger partial charge in [0.2, 0.25) is 5.91 Å². The Morgan fingerprint density at radius 1 is 1.32 bits per heavy atom. The Morgan fingerprint density at radius 2 is 2.00 bits per heavy atom. The van der Waals surface area contributed by atoms with E-state index in [1.54, 1.807) is 11.3 Å². The van der Waals surface area contributed by atoms with Crippen molar-refractivity contribution in [2.75, 3.05) is 13.2 Å². The van der Waals surface area contributed by atoms with E-state index in [-0.39, 0.29) is 30.3 Å². The van der Waals surface area contributed by atoms with Crippen LogP contribution in [0.15, 0.2) is 35.7 Å². The molecule has 1 aliphatic heterocycles. The minimum atomic E-state index is -0.482. The zero-order valence-corrected chi connectivity index (χ0v) is 15.8. The first kappa shape index (κ1) is 19.8. The lowest BCUT2D eigenvalue weighted by atomic mass is 9.92. The topological polar surface area (TPSA) is 77.2 Å². The number of halogens is 1. The van der Waals surface area contributed by atoms with Crippen LogP contribution in [0.5, 0.6) is 0 Å². The van der Waals surface area contributed by atoms with E-state index in [0.717, 1.165) is 29.1 Å². The number of nitrogens with two attached hydrogens (primary N) is 1. The molecule has 5 nitrogen and oxygen atoms in total. The van der Waals surface area contributed by atoms with E-state index >= 15 is 0 Å². The fraction of sp³-hybridized carbons (Fsp3) is 0.444. The highest BCUT2D eigenvalue weighted by Gasteiger charge is 2.27. The largest absolute Gasteiger partial charge is 0.381 e. The van der Waals surface area contributed by atoms with Gasteiger partial charge in [-0.05, 0) is 25.7 Å². The van der Waals surface area contributed by atoms with Crippen LogP contribution in [-0.4, -0.2) is 30.1 Å². The minimum absolute atomic E-state index is 0. The number of aromatic nitrogens is 1. The van der Waals surface area contributed by atoms with E-state index in [0.29, 0.717) is 13.2 Å². The number of carbonyl (C=O) groups excluding carboxylic acids is 1. The monoisotopic (exact) mass is 381 g/mol. The lowest BCUT2D eigenvalue weighted by molar-refractivity contribution is -0.125. The van der Waals surface area contributed by atoms with Gasteiger partial charge in [-0.25, -0.2) is 4.98 Å². The summed E-state index contributed by atoms with van der Waals surface area (Å²) in [7, 11) is 0. The van der Waals surface area contributed by atoms with Crippen LogP contribution in [-0.2, 0) is 9.53 Å². The van der Waals surface area contributed by atoms with E-state index in [2.05, 4.69) is 10.3 Å². The highest BCUT2D eigenvalue weighted by Crippen LogP contribution is 2.25. The first-order valence-electron chi connectivity index (χ1n) is 8.29. The number of ether oxygens (including phenoxy) is 1. The van der Waals surface area contributed by atoms with Gasteiger partial charge < -0.3 is 15.8 Å². The van der Waals surface area contributed by atoms with E-state index < -0.39 is 6.04 Å². The zero-order chi connectivity index (χ0) is 16.9. The summed E-state index contributed by atoms with van der Waals surface area (Å²) in [5.74, 6) is 0.0907. The Balaban J connectivity index is 0.00000225. The van der Waals surface area contributed by atoms with Gasteiger partial charge in [-0.1, -0.05) is 30.3 Å². The number of thiazole rings is 1. The van der Waals surface area contributed by atoms with E-state index in [4.69, 9.17) is 10.5 Å². The van der Waals surface area contributed by atoms with Crippen molar-refractivity contribution in [1.29, 1.82) is 0 Å². The maximum Gasteiger partial charge on any atom is 0.237 e. The number of amides is 1. The van der Waals surface area contributed by atoms with Crippen molar-refractivity contribution in [3.8, 4) is 11.3 Å². The second-order valence-electron chi connectivity index (χ2n) is 6.14. The highest BCUT2D eigenvalue weighted by atomic mass is 35.5. The summed E-state index contributed by atoms with van der Waals surface area (Å²) in [6.45, 7) is 3.32. The van der Waals surface area contributed by atoms with Gasteiger partial charge in [0.1, 0.15) is 5.01 Å². The molecule has 1 saturated heterocycles. The van der Waals surface area contributed by atoms with Gasteiger partial charge in [-0.2, -0.15) is 0 Å². The molecule has 25 heavy (non-hydrogen) atoms. The fourth-order valence-corrected chi connectivity index (χ4v) is 3.72. The Morgan fingerprint density at radius 3 is 2.68 bits per heavy atom. The average Bonchev–Trinajstić information content (AvgIpc) is 3.13. The standard InChI is InChI=1S/C18H23N3O2S.ClH/c1-12(20-17(22)16(19)14-7-9-23-10-8-14)18-21-15(11-24-18)13-5-3-2-4-6-13;/h2-6,11-12,14,16H,7-10,19H2,1H3,(H,20,22);1H. The molecule has 3 rings (SSSR count). The quantitative estimate of drug-likeness (QED) is 0.833. The van der Waals surface area contributed by atoms with Gasteiger partial charge in [-0.15, -0.1) is 23.7 Å². The van der Waals surface area contributed by atoms with Crippen molar-refractivity contribution >= 4 is 29.7 Å². The van der Waals surface area contributed by atoms with Crippen LogP contribution in [0.4, 0.5) is 0 Å². The lowest BCUT2D eigenvalue weighted by Crippen LogP contribution is -2.47. The third kappa shape index (κ3) is 5.01. The molecule has 0 bridgehead atoms. The minimum Gasteiger partial charge on any atom is -0.381 e. The summed E-state index contributed by atoms with van der Waals surface area (Å²) in [5.41, 5.74) is 8.15. The maximum absolute atomic E-state index is 12.4. The summed E-state index contributed by atoms with van der Waals surface area (Å²) >= 11 is 1.56. The molecule has 1 aromatic carbocycles. The first-order valence-corrected chi connectivity index (χ1v) is 9.17. The number of hydrogen-bond acceptors (Lipinski definition) is 5. The van der Waals surface area contributed by atoms with Crippen molar-refractivity contribution in [3.05, 3.63) is 40.7 Å². The van der Waals surface area contributed by atoms with E-state index in [1.807, 2.05) is 42.6 Å². The summed E-state index contributed by atoms with van der Waals surface area (Å²) in [6, 6.07) is 9.40. The van der Waals surface area contributed by atoms with Crippen LogP contribution >= 0.6 is 23.7 Å². The highest BCUT2D eigenvalue weighted by molar-refractivity contribution is 7.10. The van der Waals surface area contributed by atoms with Crippen LogP contribution in [0, 0.1) is 5.92 Å². The van der Waals surface area contributed by atoms with Gasteiger partial charge in [0, 0.05) is 24.2 Å². The fourth-order valence-electron chi connectivity index (χ4n) is 2.89. The zero-order valence-electron chi connectivity index (χ0n) is 14.2. The molecule has 0 radical (unpaired) electrons. The molecule has 1 aromatic heterocycles. The molecule has 2 atom stereocenters. The molecule has 2 unspecified atom stereocenters. The van der Waals surface area contributed by atoms with E-state index in [9.17, 15) is 4.79 Å². The second-order valence-corrected chi connectivity index (χ2v) is 7.03. The summed E-state index contributed by atoms with van der Waals surface area (Å²) in [5, 5.41) is 5.91. The predicted octanol–water partition coefficient (Wildman–Crippen LogP) is 3.16. The number of benzene rings is 1. The van der Waals surface area contributed by atoms with Crippen molar-refractivity contribution in [1.82, 2.24) is 10.3 Å². The number of carbonyl (C=O) groups is 1. The normalized spacial score (nSPS) is 17.4. The Kier molecular flexibility index (Phi) is 7.38. The SMILES string of the molecule is CC(NC(=O)C(N)C1CCOCC1)c1nc(-c2ccccc2)cs1.Cl. The third-order valence-corrected chi connectivity index (χ3v) is 5.42. The molecule has 136 valence electrons. The van der Waals surface area contributed by atoms with E-state index in [1.165, 1.54) is 0 Å². The Labute approximate surface area is 158 Å². The molecule has 0 saturated carbocycles. The Hall–Kier alpha value is -1.47. The molecule has 2 heterocycles. The van der Waals surface area contributed by atoms with Crippen LogP contribution in [0.3, 0.4) is 0 Å². The number of rotatable bonds is 5. The maximum atomic E-state index is 12.4. The molecule has 3 N–H and O–H groups in total. The molecule has 0 spiro atoms. The van der Waals surface area contributed by atoms with Gasteiger partial charge in [-0.3, -0.25) is 4.79 Å². The number of nitrogens with zero attached hydrogens (tertiary/aromatic N) is 1. The van der Waals surface area contributed by atoms with Crippen molar-refractivity contribution < 1.29 is 9.53 Å². The number of hydrogen-bond donors (Lipinski definition) is 2.